The van der Waals surface area contributed by atoms with Crippen LogP contribution in [0.4, 0.5) is 0 Å². The van der Waals surface area contributed by atoms with Gasteiger partial charge >= 0.3 is 0 Å². The van der Waals surface area contributed by atoms with Crippen LogP contribution < -0.4 is 14.2 Å². The van der Waals surface area contributed by atoms with E-state index < -0.39 is 6.29 Å². The molecule has 0 aliphatic carbocycles. The predicted octanol–water partition coefficient (Wildman–Crippen LogP) is 7.89. The second kappa shape index (κ2) is 8.32. The van der Waals surface area contributed by atoms with E-state index in [1.165, 1.54) is 16.7 Å². The summed E-state index contributed by atoms with van der Waals surface area (Å²) in [7, 11) is 0. The molecule has 5 rings (SSSR count). The number of benzene rings is 4. The Morgan fingerprint density at radius 1 is 0.636 bits per heavy atom. The van der Waals surface area contributed by atoms with Crippen molar-refractivity contribution in [2.24, 2.45) is 0 Å². The molecule has 3 nitrogen and oxygen atoms in total. The highest BCUT2D eigenvalue weighted by atomic mass is 16.7. The van der Waals surface area contributed by atoms with Crippen LogP contribution in [0.25, 0.3) is 0 Å². The van der Waals surface area contributed by atoms with Crippen LogP contribution in [0.3, 0.4) is 0 Å². The first kappa shape index (κ1) is 21.1. The van der Waals surface area contributed by atoms with Gasteiger partial charge in [-0.3, -0.25) is 0 Å². The van der Waals surface area contributed by atoms with Gasteiger partial charge in [-0.05, 0) is 62.4 Å². The van der Waals surface area contributed by atoms with Gasteiger partial charge in [-0.1, -0.05) is 67.4 Å². The van der Waals surface area contributed by atoms with E-state index in [4.69, 9.17) is 14.2 Å². The Balaban J connectivity index is 1.53. The smallest absolute Gasteiger partial charge is 0.267 e. The molecule has 0 atom stereocenters. The number of hydrogen-bond acceptors (Lipinski definition) is 3. The molecule has 1 aliphatic heterocycles. The number of ether oxygens (including phenoxy) is 3. The van der Waals surface area contributed by atoms with E-state index in [-0.39, 0.29) is 5.41 Å². The number of hydrogen-bond donors (Lipinski definition) is 0. The van der Waals surface area contributed by atoms with Gasteiger partial charge in [0.1, 0.15) is 23.0 Å². The van der Waals surface area contributed by atoms with E-state index >= 15 is 0 Å². The van der Waals surface area contributed by atoms with Gasteiger partial charge in [-0.2, -0.15) is 0 Å². The normalized spacial score (nSPS) is 13.6. The Bertz CT molecular complexity index is 1220. The zero-order valence-electron chi connectivity index (χ0n) is 19.5. The van der Waals surface area contributed by atoms with Crippen LogP contribution in [0.15, 0.2) is 91.0 Å². The van der Waals surface area contributed by atoms with E-state index in [0.717, 1.165) is 34.1 Å². The fourth-order valence-corrected chi connectivity index (χ4v) is 4.25. The molecule has 0 saturated carbocycles. The van der Waals surface area contributed by atoms with Crippen molar-refractivity contribution in [1.82, 2.24) is 0 Å². The average Bonchev–Trinajstić information content (AvgIpc) is 2.81. The minimum Gasteiger partial charge on any atom is -0.457 e. The fourth-order valence-electron chi connectivity index (χ4n) is 4.25. The van der Waals surface area contributed by atoms with E-state index in [1.54, 1.807) is 0 Å². The van der Waals surface area contributed by atoms with Crippen LogP contribution in [0.5, 0.6) is 23.0 Å². The molecule has 0 saturated heterocycles. The van der Waals surface area contributed by atoms with Crippen molar-refractivity contribution in [3.05, 3.63) is 119 Å². The molecule has 0 N–H and O–H groups in total. The van der Waals surface area contributed by atoms with E-state index in [2.05, 4.69) is 45.9 Å². The maximum Gasteiger partial charge on any atom is 0.267 e. The summed E-state index contributed by atoms with van der Waals surface area (Å²) >= 11 is 0. The van der Waals surface area contributed by atoms with Crippen LogP contribution in [0, 0.1) is 13.8 Å². The molecule has 0 fully saturated rings. The topological polar surface area (TPSA) is 27.7 Å². The van der Waals surface area contributed by atoms with Crippen molar-refractivity contribution >= 4 is 0 Å². The standard InChI is InChI=1S/C30H28O3/c1-20-9-14-23(15-10-20)31-29(32-24-16-11-21(2)12-17-24)22-13-18-28-26(19-22)30(3,4)25-7-5-6-8-27(25)33-28/h5-19,29H,1-4H3. The molecular formula is C30H28O3. The zero-order chi connectivity index (χ0) is 23.0. The summed E-state index contributed by atoms with van der Waals surface area (Å²) in [5.74, 6) is 3.30. The van der Waals surface area contributed by atoms with Crippen molar-refractivity contribution in [2.75, 3.05) is 0 Å². The van der Waals surface area contributed by atoms with Crippen LogP contribution >= 0.6 is 0 Å². The van der Waals surface area contributed by atoms with Gasteiger partial charge in [0.05, 0.1) is 0 Å². The summed E-state index contributed by atoms with van der Waals surface area (Å²) in [4.78, 5) is 0. The lowest BCUT2D eigenvalue weighted by molar-refractivity contribution is 0.00367. The second-order valence-electron chi connectivity index (χ2n) is 9.17. The predicted molar refractivity (Wildman–Crippen MR) is 131 cm³/mol. The summed E-state index contributed by atoms with van der Waals surface area (Å²) in [6.07, 6.45) is -0.603. The summed E-state index contributed by atoms with van der Waals surface area (Å²) in [6, 6.07) is 30.5. The van der Waals surface area contributed by atoms with Crippen LogP contribution in [0.2, 0.25) is 0 Å². The Kier molecular flexibility index (Phi) is 5.33. The SMILES string of the molecule is Cc1ccc(OC(Oc2ccc(C)cc2)c2ccc3c(c2)C(C)(C)c2ccccc2O3)cc1. The Hall–Kier alpha value is -3.72. The van der Waals surface area contributed by atoms with E-state index in [0.29, 0.717) is 0 Å². The minimum absolute atomic E-state index is 0.210. The molecule has 4 aromatic rings. The molecule has 1 heterocycles. The van der Waals surface area contributed by atoms with Crippen LogP contribution in [-0.2, 0) is 5.41 Å². The monoisotopic (exact) mass is 436 g/mol. The van der Waals surface area contributed by atoms with Gasteiger partial charge in [0, 0.05) is 22.1 Å². The number of rotatable bonds is 5. The summed E-state index contributed by atoms with van der Waals surface area (Å²) < 4.78 is 18.9. The highest BCUT2D eigenvalue weighted by Crippen LogP contribution is 2.48. The van der Waals surface area contributed by atoms with Crippen molar-refractivity contribution in [1.29, 1.82) is 0 Å². The Labute approximate surface area is 195 Å². The maximum absolute atomic E-state index is 6.36. The van der Waals surface area contributed by atoms with Crippen molar-refractivity contribution in [3.8, 4) is 23.0 Å². The lowest BCUT2D eigenvalue weighted by Crippen LogP contribution is -2.25. The third-order valence-electron chi connectivity index (χ3n) is 6.26. The average molecular weight is 437 g/mol. The quantitative estimate of drug-likeness (QED) is 0.298. The summed E-state index contributed by atoms with van der Waals surface area (Å²) in [5.41, 5.74) is 5.38. The number of aryl methyl sites for hydroxylation is 2. The zero-order valence-corrected chi connectivity index (χ0v) is 19.5. The van der Waals surface area contributed by atoms with Gasteiger partial charge < -0.3 is 14.2 Å². The Morgan fingerprint density at radius 2 is 1.18 bits per heavy atom. The largest absolute Gasteiger partial charge is 0.457 e. The van der Waals surface area contributed by atoms with E-state index in [1.807, 2.05) is 72.8 Å². The highest BCUT2D eigenvalue weighted by Gasteiger charge is 2.35. The van der Waals surface area contributed by atoms with Crippen molar-refractivity contribution in [3.63, 3.8) is 0 Å². The first-order valence-corrected chi connectivity index (χ1v) is 11.3. The van der Waals surface area contributed by atoms with Crippen LogP contribution in [0.1, 0.15) is 48.0 Å². The lowest BCUT2D eigenvalue weighted by Gasteiger charge is -2.35. The molecule has 0 unspecified atom stereocenters. The Morgan fingerprint density at radius 3 is 1.79 bits per heavy atom. The van der Waals surface area contributed by atoms with E-state index in [9.17, 15) is 0 Å². The van der Waals surface area contributed by atoms with Gasteiger partial charge in [0.15, 0.2) is 0 Å². The fraction of sp³-hybridized carbons (Fsp3) is 0.200. The molecule has 33 heavy (non-hydrogen) atoms. The number of fused-ring (bicyclic) bond motifs is 2. The minimum atomic E-state index is -0.603. The molecule has 0 aromatic heterocycles. The van der Waals surface area contributed by atoms with Gasteiger partial charge in [0.25, 0.3) is 6.29 Å². The summed E-state index contributed by atoms with van der Waals surface area (Å²) in [5, 5.41) is 0. The maximum atomic E-state index is 6.36. The molecule has 0 radical (unpaired) electrons. The first-order valence-electron chi connectivity index (χ1n) is 11.3. The molecule has 0 spiro atoms. The lowest BCUT2D eigenvalue weighted by atomic mass is 9.75. The molecule has 0 bridgehead atoms. The second-order valence-corrected chi connectivity index (χ2v) is 9.17. The highest BCUT2D eigenvalue weighted by molar-refractivity contribution is 5.57. The third-order valence-corrected chi connectivity index (χ3v) is 6.26. The van der Waals surface area contributed by atoms with Gasteiger partial charge in [0.2, 0.25) is 0 Å². The number of para-hydroxylation sites is 1. The van der Waals surface area contributed by atoms with Gasteiger partial charge in [-0.25, -0.2) is 0 Å². The molecule has 1 aliphatic rings. The molecule has 166 valence electrons. The van der Waals surface area contributed by atoms with Crippen molar-refractivity contribution in [2.45, 2.75) is 39.4 Å². The molecular weight excluding hydrogens is 408 g/mol. The van der Waals surface area contributed by atoms with Gasteiger partial charge in [-0.15, -0.1) is 0 Å². The van der Waals surface area contributed by atoms with Crippen molar-refractivity contribution < 1.29 is 14.2 Å². The molecule has 4 aromatic carbocycles. The summed E-state index contributed by atoms with van der Waals surface area (Å²) in [6.45, 7) is 8.59. The third kappa shape index (κ3) is 4.19. The molecule has 3 heteroatoms. The first-order chi connectivity index (χ1) is 15.9. The molecule has 0 amide bonds. The van der Waals surface area contributed by atoms with Crippen LogP contribution in [-0.4, -0.2) is 0 Å².